The van der Waals surface area contributed by atoms with E-state index in [0.717, 1.165) is 27.8 Å². The van der Waals surface area contributed by atoms with Crippen LogP contribution >= 0.6 is 0 Å². The van der Waals surface area contributed by atoms with Gasteiger partial charge in [0.05, 0.1) is 12.5 Å². The molecule has 0 aliphatic carbocycles. The largest absolute Gasteiger partial charge is 0.358 e. The average Bonchev–Trinajstić information content (AvgIpc) is 3.42. The van der Waals surface area contributed by atoms with Crippen molar-refractivity contribution in [3.63, 3.8) is 0 Å². The highest BCUT2D eigenvalue weighted by molar-refractivity contribution is 5.87. The molecule has 128 valence electrons. The zero-order valence-electron chi connectivity index (χ0n) is 14.0. The molecule has 0 fully saturated rings. The van der Waals surface area contributed by atoms with Gasteiger partial charge in [-0.15, -0.1) is 4.98 Å². The number of para-hydroxylation sites is 1. The van der Waals surface area contributed by atoms with E-state index >= 15 is 0 Å². The van der Waals surface area contributed by atoms with Crippen molar-refractivity contribution in [2.75, 3.05) is 0 Å². The lowest BCUT2D eigenvalue weighted by Gasteiger charge is -1.95. The molecule has 6 aromatic rings. The Balaban J connectivity index is 1.46. The van der Waals surface area contributed by atoms with E-state index in [9.17, 15) is 0 Å². The molecule has 8 nitrogen and oxygen atoms in total. The Bertz CT molecular complexity index is 1410. The minimum Gasteiger partial charge on any atom is -0.354 e. The average molecular weight is 353 g/mol. The molecule has 0 amide bonds. The van der Waals surface area contributed by atoms with E-state index < -0.39 is 0 Å². The van der Waals surface area contributed by atoms with E-state index in [4.69, 9.17) is 0 Å². The normalized spacial score (nSPS) is 11.7. The van der Waals surface area contributed by atoms with Crippen molar-refractivity contribution < 1.29 is 4.57 Å². The van der Waals surface area contributed by atoms with Gasteiger partial charge < -0.3 is 9.97 Å². The molecule has 0 bridgehead atoms. The number of H-pyrrole nitrogens is 3. The van der Waals surface area contributed by atoms with Crippen molar-refractivity contribution in [1.82, 2.24) is 34.9 Å². The van der Waals surface area contributed by atoms with Gasteiger partial charge in [-0.05, 0) is 18.2 Å². The molecular weight excluding hydrogens is 340 g/mol. The van der Waals surface area contributed by atoms with Crippen LogP contribution in [-0.2, 0) is 0 Å². The Labute approximate surface area is 152 Å². The summed E-state index contributed by atoms with van der Waals surface area (Å²) in [6, 6.07) is 12.4. The molecule has 3 N–H and O–H groups in total. The molecule has 8 heteroatoms. The lowest BCUT2D eigenvalue weighted by atomic mass is 10.2. The van der Waals surface area contributed by atoms with Crippen molar-refractivity contribution in [2.24, 2.45) is 0 Å². The minimum absolute atomic E-state index is 0.648. The van der Waals surface area contributed by atoms with E-state index in [1.807, 2.05) is 35.2 Å². The lowest BCUT2D eigenvalue weighted by Crippen LogP contribution is -2.32. The quantitative estimate of drug-likeness (QED) is 0.416. The van der Waals surface area contributed by atoms with E-state index in [0.29, 0.717) is 17.2 Å². The third kappa shape index (κ3) is 2.20. The molecule has 27 heavy (non-hydrogen) atoms. The number of hydrogen-bond donors (Lipinski definition) is 3. The first-order chi connectivity index (χ1) is 13.3. The maximum absolute atomic E-state index is 4.56. The maximum atomic E-state index is 4.56. The van der Waals surface area contributed by atoms with E-state index in [1.165, 1.54) is 5.39 Å². The van der Waals surface area contributed by atoms with Gasteiger partial charge in [-0.1, -0.05) is 23.2 Å². The first-order valence-corrected chi connectivity index (χ1v) is 8.48. The monoisotopic (exact) mass is 353 g/mol. The number of aromatic nitrogens is 8. The molecule has 0 spiro atoms. The third-order valence-corrected chi connectivity index (χ3v) is 4.63. The molecule has 0 unspecified atom stereocenters. The predicted molar refractivity (Wildman–Crippen MR) is 100 cm³/mol. The summed E-state index contributed by atoms with van der Waals surface area (Å²) in [5.74, 6) is 0.648. The van der Waals surface area contributed by atoms with Crippen LogP contribution in [0.25, 0.3) is 50.4 Å². The number of benzene rings is 1. The van der Waals surface area contributed by atoms with Gasteiger partial charge in [0.15, 0.2) is 0 Å². The molecule has 0 aliphatic rings. The van der Waals surface area contributed by atoms with Gasteiger partial charge in [-0.25, -0.2) is 9.97 Å². The van der Waals surface area contributed by atoms with Crippen molar-refractivity contribution in [3.05, 3.63) is 61.4 Å². The molecule has 0 atom stereocenters. The molecule has 5 aromatic heterocycles. The van der Waals surface area contributed by atoms with Crippen LogP contribution in [0.5, 0.6) is 0 Å². The molecule has 0 aliphatic heterocycles. The number of aromatic amines is 3. The van der Waals surface area contributed by atoms with E-state index in [-0.39, 0.29) is 0 Å². The van der Waals surface area contributed by atoms with E-state index in [2.05, 4.69) is 53.1 Å². The SMILES string of the molecule is c1ccc2[nH]c(-c3cnc4nc(-[n+]5cnc6nc[nH]c6c5)[nH]c4c3)cc2c1. The number of imidazole rings is 2. The smallest absolute Gasteiger partial charge is 0.354 e. The minimum atomic E-state index is 0.648. The molecule has 5 heterocycles. The summed E-state index contributed by atoms with van der Waals surface area (Å²) in [6.45, 7) is 0. The Hall–Kier alpha value is -4.07. The van der Waals surface area contributed by atoms with Gasteiger partial charge in [0.25, 0.3) is 0 Å². The Morgan fingerprint density at radius 3 is 2.78 bits per heavy atom. The lowest BCUT2D eigenvalue weighted by molar-refractivity contribution is -0.604. The predicted octanol–water partition coefficient (Wildman–Crippen LogP) is 2.65. The second kappa shape index (κ2) is 5.21. The fraction of sp³-hybridized carbons (Fsp3) is 0. The Morgan fingerprint density at radius 1 is 0.852 bits per heavy atom. The Kier molecular flexibility index (Phi) is 2.73. The highest BCUT2D eigenvalue weighted by atomic mass is 15.2. The van der Waals surface area contributed by atoms with Crippen molar-refractivity contribution in [2.45, 2.75) is 0 Å². The van der Waals surface area contributed by atoms with Crippen LogP contribution in [-0.4, -0.2) is 34.9 Å². The van der Waals surface area contributed by atoms with Gasteiger partial charge in [0.2, 0.25) is 17.6 Å². The number of hydrogen-bond acceptors (Lipinski definition) is 4. The molecule has 0 radical (unpaired) electrons. The zero-order chi connectivity index (χ0) is 17.8. The van der Waals surface area contributed by atoms with Gasteiger partial charge >= 0.3 is 5.95 Å². The fourth-order valence-electron chi connectivity index (χ4n) is 3.29. The van der Waals surface area contributed by atoms with Crippen molar-refractivity contribution >= 4 is 33.2 Å². The van der Waals surface area contributed by atoms with Gasteiger partial charge in [-0.3, -0.25) is 4.98 Å². The summed E-state index contributed by atoms with van der Waals surface area (Å²) in [4.78, 5) is 27.3. The van der Waals surface area contributed by atoms with Crippen LogP contribution in [0.2, 0.25) is 0 Å². The fourth-order valence-corrected chi connectivity index (χ4v) is 3.29. The Morgan fingerprint density at radius 2 is 1.81 bits per heavy atom. The number of nitrogens with zero attached hydrogens (tertiary/aromatic N) is 5. The number of nitrogens with one attached hydrogen (secondary N) is 3. The summed E-state index contributed by atoms with van der Waals surface area (Å²) in [7, 11) is 0. The summed E-state index contributed by atoms with van der Waals surface area (Å²) in [5.41, 5.74) is 6.15. The number of pyridine rings is 1. The second-order valence-corrected chi connectivity index (χ2v) is 6.35. The zero-order valence-corrected chi connectivity index (χ0v) is 14.0. The highest BCUT2D eigenvalue weighted by Gasteiger charge is 2.15. The summed E-state index contributed by atoms with van der Waals surface area (Å²) in [6.07, 6.45) is 7.03. The molecule has 1 aromatic carbocycles. The molecule has 6 rings (SSSR count). The van der Waals surface area contributed by atoms with Gasteiger partial charge in [0, 0.05) is 28.4 Å². The first kappa shape index (κ1) is 14.1. The van der Waals surface area contributed by atoms with Crippen LogP contribution in [0.15, 0.2) is 61.4 Å². The molecule has 0 saturated heterocycles. The van der Waals surface area contributed by atoms with Crippen LogP contribution in [0, 0.1) is 0 Å². The third-order valence-electron chi connectivity index (χ3n) is 4.63. The van der Waals surface area contributed by atoms with Crippen LogP contribution in [0.3, 0.4) is 0 Å². The topological polar surface area (TPSA) is 103 Å². The first-order valence-electron chi connectivity index (χ1n) is 8.48. The van der Waals surface area contributed by atoms with Crippen molar-refractivity contribution in [3.8, 4) is 17.2 Å². The summed E-state index contributed by atoms with van der Waals surface area (Å²) in [5, 5.41) is 1.17. The standard InChI is InChI=1S/C19H12N8/c1-2-4-13-11(3-1)5-14(24-13)12-6-15-18(20-7-12)26-19(25-15)27-8-16-17(23-10-27)22-9-21-16/h1-10,24H,(H,20,25,26)/p+1. The second-order valence-electron chi connectivity index (χ2n) is 6.35. The van der Waals surface area contributed by atoms with Crippen molar-refractivity contribution in [1.29, 1.82) is 0 Å². The molecular formula is C19H13N8+. The summed E-state index contributed by atoms with van der Waals surface area (Å²) < 4.78 is 1.81. The van der Waals surface area contributed by atoms with Crippen LogP contribution in [0.4, 0.5) is 0 Å². The molecule has 0 saturated carbocycles. The van der Waals surface area contributed by atoms with Crippen LogP contribution in [0.1, 0.15) is 0 Å². The highest BCUT2D eigenvalue weighted by Crippen LogP contribution is 2.25. The number of rotatable bonds is 2. The van der Waals surface area contributed by atoms with Crippen LogP contribution < -0.4 is 4.57 Å². The van der Waals surface area contributed by atoms with Gasteiger partial charge in [-0.2, -0.15) is 4.57 Å². The van der Waals surface area contributed by atoms with E-state index in [1.54, 1.807) is 12.7 Å². The number of fused-ring (bicyclic) bond motifs is 3. The van der Waals surface area contributed by atoms with Gasteiger partial charge in [0.1, 0.15) is 11.0 Å². The maximum Gasteiger partial charge on any atom is 0.358 e. The summed E-state index contributed by atoms with van der Waals surface area (Å²) >= 11 is 0.